The molecular weight excluding hydrogens is 234 g/mol. The van der Waals surface area contributed by atoms with Crippen LogP contribution < -0.4 is 5.32 Å². The summed E-state index contributed by atoms with van der Waals surface area (Å²) < 4.78 is 0. The Balaban J connectivity index is 1.39. The van der Waals surface area contributed by atoms with Crippen molar-refractivity contribution in [3.63, 3.8) is 0 Å². The Morgan fingerprint density at radius 2 is 1.79 bits per heavy atom. The van der Waals surface area contributed by atoms with Crippen molar-refractivity contribution >= 4 is 0 Å². The minimum atomic E-state index is 0.543. The third-order valence-electron chi connectivity index (χ3n) is 5.48. The van der Waals surface area contributed by atoms with Crippen LogP contribution in [0.15, 0.2) is 0 Å². The van der Waals surface area contributed by atoms with E-state index in [0.717, 1.165) is 5.92 Å². The summed E-state index contributed by atoms with van der Waals surface area (Å²) in [5, 5.41) is 3.53. The largest absolute Gasteiger partial charge is 0.316 e. The van der Waals surface area contributed by atoms with E-state index in [-0.39, 0.29) is 0 Å². The minimum Gasteiger partial charge on any atom is -0.316 e. The van der Waals surface area contributed by atoms with Gasteiger partial charge >= 0.3 is 0 Å². The van der Waals surface area contributed by atoms with Gasteiger partial charge in [-0.1, -0.05) is 6.92 Å². The molecule has 1 N–H and O–H groups in total. The maximum Gasteiger partial charge on any atom is 0.00480 e. The smallest absolute Gasteiger partial charge is 0.00480 e. The first kappa shape index (κ1) is 13.8. The maximum atomic E-state index is 3.53. The van der Waals surface area contributed by atoms with Crippen LogP contribution in [0.25, 0.3) is 0 Å². The van der Waals surface area contributed by atoms with Gasteiger partial charge in [-0.3, -0.25) is 0 Å². The summed E-state index contributed by atoms with van der Waals surface area (Å²) in [6.07, 6.45) is 7.09. The molecule has 0 aromatic rings. The predicted octanol–water partition coefficient (Wildman–Crippen LogP) is 1.79. The van der Waals surface area contributed by atoms with Crippen LogP contribution in [0.5, 0.6) is 0 Å². The molecule has 0 saturated carbocycles. The highest BCUT2D eigenvalue weighted by atomic mass is 15.2. The first-order chi connectivity index (χ1) is 9.23. The Morgan fingerprint density at radius 1 is 1.05 bits per heavy atom. The lowest BCUT2D eigenvalue weighted by Crippen LogP contribution is -2.43. The number of hydrogen-bond acceptors (Lipinski definition) is 3. The lowest BCUT2D eigenvalue weighted by Gasteiger charge is -2.38. The zero-order chi connectivity index (χ0) is 13.1. The van der Waals surface area contributed by atoms with E-state index in [2.05, 4.69) is 22.0 Å². The first-order valence-corrected chi connectivity index (χ1v) is 8.39. The summed E-state index contributed by atoms with van der Waals surface area (Å²) in [5.74, 6) is 0.976. The molecule has 3 heterocycles. The van der Waals surface area contributed by atoms with E-state index in [1.165, 1.54) is 84.5 Å². The summed E-state index contributed by atoms with van der Waals surface area (Å²) in [7, 11) is 0. The predicted molar refractivity (Wildman–Crippen MR) is 80.4 cm³/mol. The summed E-state index contributed by atoms with van der Waals surface area (Å²) >= 11 is 0. The van der Waals surface area contributed by atoms with Gasteiger partial charge in [0.15, 0.2) is 0 Å². The Bertz CT molecular complexity index is 272. The molecule has 0 aromatic heterocycles. The van der Waals surface area contributed by atoms with Gasteiger partial charge in [0.05, 0.1) is 0 Å². The second-order valence-corrected chi connectivity index (χ2v) is 7.46. The molecule has 0 bridgehead atoms. The average Bonchev–Trinajstić information content (AvgIpc) is 3.04. The second-order valence-electron chi connectivity index (χ2n) is 7.46. The molecule has 3 aliphatic heterocycles. The van der Waals surface area contributed by atoms with Gasteiger partial charge in [-0.05, 0) is 76.2 Å². The van der Waals surface area contributed by atoms with Crippen LogP contribution in [-0.4, -0.2) is 62.2 Å². The van der Waals surface area contributed by atoms with Crippen molar-refractivity contribution in [3.8, 4) is 0 Å². The highest BCUT2D eigenvalue weighted by Crippen LogP contribution is 2.28. The summed E-state index contributed by atoms with van der Waals surface area (Å²) in [4.78, 5) is 5.43. The molecule has 0 spiro atoms. The van der Waals surface area contributed by atoms with E-state index in [9.17, 15) is 0 Å². The number of nitrogens with zero attached hydrogens (tertiary/aromatic N) is 2. The van der Waals surface area contributed by atoms with E-state index in [1.807, 2.05) is 0 Å². The molecular formula is C16H31N3. The molecule has 3 heteroatoms. The zero-order valence-electron chi connectivity index (χ0n) is 12.7. The minimum absolute atomic E-state index is 0.543. The van der Waals surface area contributed by atoms with E-state index in [4.69, 9.17) is 0 Å². The molecule has 3 saturated heterocycles. The van der Waals surface area contributed by atoms with Gasteiger partial charge in [0.1, 0.15) is 0 Å². The Labute approximate surface area is 118 Å². The van der Waals surface area contributed by atoms with Crippen molar-refractivity contribution in [1.29, 1.82) is 0 Å². The molecule has 1 unspecified atom stereocenters. The van der Waals surface area contributed by atoms with Crippen molar-refractivity contribution < 1.29 is 0 Å². The molecule has 110 valence electrons. The second kappa shape index (κ2) is 6.11. The standard InChI is InChI=1S/C16H31N3/c1-16(6-7-17-13-16)14-19-10-4-15(5-11-19)12-18-8-2-3-9-18/h15,17H,2-14H2,1H3. The number of nitrogens with one attached hydrogen (secondary N) is 1. The summed E-state index contributed by atoms with van der Waals surface area (Å²) in [6.45, 7) is 13.0. The van der Waals surface area contributed by atoms with Gasteiger partial charge in [0.25, 0.3) is 0 Å². The molecule has 3 nitrogen and oxygen atoms in total. The lowest BCUT2D eigenvalue weighted by molar-refractivity contribution is 0.114. The fourth-order valence-electron chi connectivity index (χ4n) is 4.20. The lowest BCUT2D eigenvalue weighted by atomic mass is 9.87. The van der Waals surface area contributed by atoms with Gasteiger partial charge < -0.3 is 15.1 Å². The van der Waals surface area contributed by atoms with Gasteiger partial charge in [0.2, 0.25) is 0 Å². The molecule has 0 radical (unpaired) electrons. The fourth-order valence-corrected chi connectivity index (χ4v) is 4.20. The molecule has 1 atom stereocenters. The van der Waals surface area contributed by atoms with E-state index in [0.29, 0.717) is 5.41 Å². The van der Waals surface area contributed by atoms with Gasteiger partial charge in [0, 0.05) is 19.6 Å². The molecule has 0 amide bonds. The highest BCUT2D eigenvalue weighted by molar-refractivity contribution is 4.88. The van der Waals surface area contributed by atoms with Crippen LogP contribution in [0.2, 0.25) is 0 Å². The van der Waals surface area contributed by atoms with Crippen LogP contribution in [-0.2, 0) is 0 Å². The number of piperidine rings is 1. The maximum absolute atomic E-state index is 3.53. The van der Waals surface area contributed by atoms with Crippen LogP contribution in [0.3, 0.4) is 0 Å². The summed E-state index contributed by atoms with van der Waals surface area (Å²) in [6, 6.07) is 0. The highest BCUT2D eigenvalue weighted by Gasteiger charge is 2.32. The molecule has 3 rings (SSSR count). The van der Waals surface area contributed by atoms with Crippen molar-refractivity contribution in [2.45, 2.75) is 39.0 Å². The SMILES string of the molecule is CC1(CN2CCC(CN3CCCC3)CC2)CCNC1. The van der Waals surface area contributed by atoms with Crippen molar-refractivity contribution in [2.75, 3.05) is 52.4 Å². The molecule has 0 aliphatic carbocycles. The van der Waals surface area contributed by atoms with Gasteiger partial charge in [-0.2, -0.15) is 0 Å². The Hall–Kier alpha value is -0.120. The molecule has 0 aromatic carbocycles. The third-order valence-corrected chi connectivity index (χ3v) is 5.48. The van der Waals surface area contributed by atoms with Gasteiger partial charge in [-0.25, -0.2) is 0 Å². The van der Waals surface area contributed by atoms with Crippen LogP contribution >= 0.6 is 0 Å². The normalized spacial score (nSPS) is 35.2. The third kappa shape index (κ3) is 3.71. The monoisotopic (exact) mass is 265 g/mol. The van der Waals surface area contributed by atoms with Crippen LogP contribution in [0.4, 0.5) is 0 Å². The molecule has 3 aliphatic rings. The number of hydrogen-bond donors (Lipinski definition) is 1. The number of rotatable bonds is 4. The quantitative estimate of drug-likeness (QED) is 0.836. The zero-order valence-corrected chi connectivity index (χ0v) is 12.7. The Kier molecular flexibility index (Phi) is 4.45. The number of likely N-dealkylation sites (tertiary alicyclic amines) is 2. The van der Waals surface area contributed by atoms with Crippen molar-refractivity contribution in [2.24, 2.45) is 11.3 Å². The Morgan fingerprint density at radius 3 is 2.42 bits per heavy atom. The van der Waals surface area contributed by atoms with E-state index < -0.39 is 0 Å². The average molecular weight is 265 g/mol. The van der Waals surface area contributed by atoms with Crippen molar-refractivity contribution in [1.82, 2.24) is 15.1 Å². The topological polar surface area (TPSA) is 18.5 Å². The van der Waals surface area contributed by atoms with Crippen molar-refractivity contribution in [3.05, 3.63) is 0 Å². The first-order valence-electron chi connectivity index (χ1n) is 8.39. The van der Waals surface area contributed by atoms with Crippen LogP contribution in [0.1, 0.15) is 39.0 Å². The van der Waals surface area contributed by atoms with Crippen LogP contribution in [0, 0.1) is 11.3 Å². The molecule has 19 heavy (non-hydrogen) atoms. The molecule has 3 fully saturated rings. The van der Waals surface area contributed by atoms with E-state index >= 15 is 0 Å². The van der Waals surface area contributed by atoms with E-state index in [1.54, 1.807) is 0 Å². The fraction of sp³-hybridized carbons (Fsp3) is 1.00. The summed E-state index contributed by atoms with van der Waals surface area (Å²) in [5.41, 5.74) is 0.543. The van der Waals surface area contributed by atoms with Gasteiger partial charge in [-0.15, -0.1) is 0 Å².